The number of aromatic nitrogens is 3. The molecular formula is C14H12N4OS. The lowest BCUT2D eigenvalue weighted by Gasteiger charge is -2.10. The van der Waals surface area contributed by atoms with E-state index in [1.807, 2.05) is 30.5 Å². The van der Waals surface area contributed by atoms with Crippen molar-refractivity contribution in [2.45, 2.75) is 19.9 Å². The average molecular weight is 284 g/mol. The van der Waals surface area contributed by atoms with Gasteiger partial charge in [-0.3, -0.25) is 0 Å². The van der Waals surface area contributed by atoms with E-state index in [4.69, 9.17) is 21.9 Å². The summed E-state index contributed by atoms with van der Waals surface area (Å²) in [4.78, 5) is 7.38. The Morgan fingerprint density at radius 2 is 2.30 bits per heavy atom. The predicted octanol–water partition coefficient (Wildman–Crippen LogP) is 3.48. The molecule has 0 amide bonds. The minimum atomic E-state index is -0.140. The zero-order chi connectivity index (χ0) is 14.3. The maximum atomic E-state index is 9.03. The SMILES string of the molecule is Cc1cnc(C(C)n2c(=S)[nH]c3ccc(C#N)cc32)o1. The van der Waals surface area contributed by atoms with Gasteiger partial charge in [-0.25, -0.2) is 4.98 Å². The number of fused-ring (bicyclic) bond motifs is 1. The molecule has 0 spiro atoms. The zero-order valence-electron chi connectivity index (χ0n) is 11.0. The first-order chi connectivity index (χ1) is 9.60. The highest BCUT2D eigenvalue weighted by Crippen LogP contribution is 2.24. The molecule has 0 aliphatic heterocycles. The Hall–Kier alpha value is -2.39. The van der Waals surface area contributed by atoms with E-state index in [0.29, 0.717) is 16.2 Å². The van der Waals surface area contributed by atoms with Crippen LogP contribution < -0.4 is 0 Å². The molecule has 100 valence electrons. The van der Waals surface area contributed by atoms with Gasteiger partial charge in [-0.15, -0.1) is 0 Å². The maximum absolute atomic E-state index is 9.03. The molecule has 0 saturated heterocycles. The Morgan fingerprint density at radius 3 is 2.95 bits per heavy atom. The van der Waals surface area contributed by atoms with Crippen LogP contribution >= 0.6 is 12.2 Å². The molecule has 0 fully saturated rings. The molecule has 0 saturated carbocycles. The molecule has 0 aliphatic rings. The molecule has 5 nitrogen and oxygen atoms in total. The van der Waals surface area contributed by atoms with Crippen molar-refractivity contribution in [3.8, 4) is 6.07 Å². The largest absolute Gasteiger partial charge is 0.444 e. The predicted molar refractivity (Wildman–Crippen MR) is 76.9 cm³/mol. The highest BCUT2D eigenvalue weighted by atomic mass is 32.1. The van der Waals surface area contributed by atoms with Gasteiger partial charge in [-0.05, 0) is 44.3 Å². The molecular weight excluding hydrogens is 272 g/mol. The van der Waals surface area contributed by atoms with Gasteiger partial charge in [0.15, 0.2) is 4.77 Å². The van der Waals surface area contributed by atoms with Gasteiger partial charge in [-0.2, -0.15) is 5.26 Å². The molecule has 1 N–H and O–H groups in total. The number of nitrogens with one attached hydrogen (secondary N) is 1. The zero-order valence-corrected chi connectivity index (χ0v) is 11.9. The molecule has 3 aromatic rings. The second-order valence-electron chi connectivity index (χ2n) is 4.63. The molecule has 3 rings (SSSR count). The van der Waals surface area contributed by atoms with Gasteiger partial charge in [0.2, 0.25) is 5.89 Å². The monoisotopic (exact) mass is 284 g/mol. The van der Waals surface area contributed by atoms with Crippen molar-refractivity contribution in [3.05, 3.63) is 46.4 Å². The lowest BCUT2D eigenvalue weighted by atomic mass is 10.2. The highest BCUT2D eigenvalue weighted by molar-refractivity contribution is 7.71. The van der Waals surface area contributed by atoms with E-state index in [9.17, 15) is 0 Å². The fraction of sp³-hybridized carbons (Fsp3) is 0.214. The number of benzene rings is 1. The number of H-pyrrole nitrogens is 1. The summed E-state index contributed by atoms with van der Waals surface area (Å²) in [6.45, 7) is 3.82. The molecule has 1 unspecified atom stereocenters. The van der Waals surface area contributed by atoms with E-state index >= 15 is 0 Å². The summed E-state index contributed by atoms with van der Waals surface area (Å²) in [5.74, 6) is 1.36. The summed E-state index contributed by atoms with van der Waals surface area (Å²) < 4.78 is 8.07. The van der Waals surface area contributed by atoms with Crippen LogP contribution in [-0.2, 0) is 0 Å². The van der Waals surface area contributed by atoms with Crippen molar-refractivity contribution in [2.75, 3.05) is 0 Å². The van der Waals surface area contributed by atoms with Gasteiger partial charge < -0.3 is 14.0 Å². The van der Waals surface area contributed by atoms with Crippen LogP contribution in [0.5, 0.6) is 0 Å². The topological polar surface area (TPSA) is 70.5 Å². The van der Waals surface area contributed by atoms with Crippen LogP contribution in [0.15, 0.2) is 28.8 Å². The van der Waals surface area contributed by atoms with Crippen LogP contribution in [-0.4, -0.2) is 14.5 Å². The minimum absolute atomic E-state index is 0.140. The van der Waals surface area contributed by atoms with Gasteiger partial charge >= 0.3 is 0 Å². The Bertz CT molecular complexity index is 881. The molecule has 0 radical (unpaired) electrons. The van der Waals surface area contributed by atoms with E-state index < -0.39 is 0 Å². The molecule has 1 atom stereocenters. The summed E-state index contributed by atoms with van der Waals surface area (Å²) in [7, 11) is 0. The molecule has 0 bridgehead atoms. The fourth-order valence-corrected chi connectivity index (χ4v) is 2.62. The molecule has 20 heavy (non-hydrogen) atoms. The van der Waals surface area contributed by atoms with Crippen LogP contribution in [0.4, 0.5) is 0 Å². The van der Waals surface area contributed by atoms with Crippen molar-refractivity contribution in [1.29, 1.82) is 5.26 Å². The molecule has 1 aromatic carbocycles. The van der Waals surface area contributed by atoms with Gasteiger partial charge in [0.1, 0.15) is 11.8 Å². The van der Waals surface area contributed by atoms with Crippen LogP contribution in [0.2, 0.25) is 0 Å². The Morgan fingerprint density at radius 1 is 1.50 bits per heavy atom. The van der Waals surface area contributed by atoms with Gasteiger partial charge in [0.25, 0.3) is 0 Å². The number of hydrogen-bond donors (Lipinski definition) is 1. The van der Waals surface area contributed by atoms with Gasteiger partial charge in [0, 0.05) is 0 Å². The van der Waals surface area contributed by atoms with Crippen molar-refractivity contribution in [2.24, 2.45) is 0 Å². The first-order valence-corrected chi connectivity index (χ1v) is 6.57. The highest BCUT2D eigenvalue weighted by Gasteiger charge is 2.17. The first-order valence-electron chi connectivity index (χ1n) is 6.17. The third kappa shape index (κ3) is 1.92. The fourth-order valence-electron chi connectivity index (χ4n) is 2.25. The van der Waals surface area contributed by atoms with E-state index in [0.717, 1.165) is 16.8 Å². The minimum Gasteiger partial charge on any atom is -0.444 e. The molecule has 0 aliphatic carbocycles. The summed E-state index contributed by atoms with van der Waals surface area (Å²) in [6, 6.07) is 7.43. The van der Waals surface area contributed by atoms with E-state index in [2.05, 4.69) is 16.0 Å². The summed E-state index contributed by atoms with van der Waals surface area (Å²) in [5.41, 5.74) is 2.36. The number of oxazole rings is 1. The van der Waals surface area contributed by atoms with Crippen molar-refractivity contribution >= 4 is 23.3 Å². The number of aryl methyl sites for hydroxylation is 1. The standard InChI is InChI=1S/C14H12N4OS/c1-8-7-16-13(19-8)9(2)18-12-5-10(6-15)3-4-11(12)17-14(18)20/h3-5,7,9H,1-2H3,(H,17,20). The number of hydrogen-bond acceptors (Lipinski definition) is 4. The molecule has 6 heteroatoms. The molecule has 2 heterocycles. The normalized spacial score (nSPS) is 12.4. The van der Waals surface area contributed by atoms with Crippen molar-refractivity contribution in [3.63, 3.8) is 0 Å². The number of nitrogens with zero attached hydrogens (tertiary/aromatic N) is 3. The second kappa shape index (κ2) is 4.62. The van der Waals surface area contributed by atoms with Gasteiger partial charge in [0.05, 0.1) is 28.9 Å². The van der Waals surface area contributed by atoms with Crippen LogP contribution in [0.25, 0.3) is 11.0 Å². The average Bonchev–Trinajstić information content (AvgIpc) is 3.00. The quantitative estimate of drug-likeness (QED) is 0.731. The van der Waals surface area contributed by atoms with E-state index in [1.165, 1.54) is 0 Å². The number of imidazole rings is 1. The van der Waals surface area contributed by atoms with Crippen molar-refractivity contribution < 1.29 is 4.42 Å². The number of nitriles is 1. The van der Waals surface area contributed by atoms with E-state index in [1.54, 1.807) is 12.3 Å². The molecule has 2 aromatic heterocycles. The smallest absolute Gasteiger partial charge is 0.217 e. The summed E-state index contributed by atoms with van der Waals surface area (Å²) >= 11 is 5.37. The van der Waals surface area contributed by atoms with Crippen LogP contribution in [0, 0.1) is 23.0 Å². The third-order valence-electron chi connectivity index (χ3n) is 3.23. The maximum Gasteiger partial charge on any atom is 0.217 e. The lowest BCUT2D eigenvalue weighted by molar-refractivity contribution is 0.417. The van der Waals surface area contributed by atoms with Crippen LogP contribution in [0.1, 0.15) is 30.2 Å². The Labute approximate surface area is 120 Å². The summed E-state index contributed by atoms with van der Waals surface area (Å²) in [6.07, 6.45) is 1.69. The van der Waals surface area contributed by atoms with Crippen molar-refractivity contribution in [1.82, 2.24) is 14.5 Å². The van der Waals surface area contributed by atoms with E-state index in [-0.39, 0.29) is 6.04 Å². The number of aromatic amines is 1. The lowest BCUT2D eigenvalue weighted by Crippen LogP contribution is -2.07. The van der Waals surface area contributed by atoms with Crippen LogP contribution in [0.3, 0.4) is 0 Å². The Kier molecular flexibility index (Phi) is 2.92. The number of rotatable bonds is 2. The Balaban J connectivity index is 2.22. The summed E-state index contributed by atoms with van der Waals surface area (Å²) in [5, 5.41) is 9.03. The van der Waals surface area contributed by atoms with Gasteiger partial charge in [-0.1, -0.05) is 0 Å². The third-order valence-corrected chi connectivity index (χ3v) is 3.53. The second-order valence-corrected chi connectivity index (χ2v) is 5.02. The first kappa shape index (κ1) is 12.6.